The van der Waals surface area contributed by atoms with Crippen LogP contribution in [-0.4, -0.2) is 56.8 Å². The molecule has 8 rings (SSSR count). The van der Waals surface area contributed by atoms with Gasteiger partial charge >= 0.3 is 0 Å². The maximum atomic E-state index is 14.5. The van der Waals surface area contributed by atoms with Crippen LogP contribution in [0.5, 0.6) is 0 Å². The van der Waals surface area contributed by atoms with Crippen LogP contribution in [0.1, 0.15) is 65.5 Å². The summed E-state index contributed by atoms with van der Waals surface area (Å²) in [6.45, 7) is 2.58. The molecule has 2 fully saturated rings. The lowest BCUT2D eigenvalue weighted by molar-refractivity contribution is -0.125. The SMILES string of the molecule is CN(C)Cc1cccc(-c2ccc(C3(NC(=O)C4(NC(=O)c5cnc6n5[C@](C)(Cc5ccc(C#N)cc5)C(=O)N6c5cc(Cl)cc(Cl)c5)CC4)CC3)nc2)c1. The predicted molar refractivity (Wildman–Crippen MR) is 210 cm³/mol. The summed E-state index contributed by atoms with van der Waals surface area (Å²) < 4.78 is 1.62. The lowest BCUT2D eigenvalue weighted by Crippen LogP contribution is -2.52. The van der Waals surface area contributed by atoms with Crippen LogP contribution in [-0.2, 0) is 33.6 Å². The Morgan fingerprint density at radius 3 is 2.22 bits per heavy atom. The van der Waals surface area contributed by atoms with Crippen LogP contribution in [0.25, 0.3) is 11.1 Å². The summed E-state index contributed by atoms with van der Waals surface area (Å²) >= 11 is 12.7. The first-order valence-corrected chi connectivity index (χ1v) is 18.8. The Hall–Kier alpha value is -5.54. The first-order valence-electron chi connectivity index (χ1n) is 18.1. The van der Waals surface area contributed by atoms with Crippen molar-refractivity contribution in [3.8, 4) is 17.2 Å². The van der Waals surface area contributed by atoms with Gasteiger partial charge in [0.2, 0.25) is 11.9 Å². The van der Waals surface area contributed by atoms with E-state index in [4.69, 9.17) is 28.2 Å². The van der Waals surface area contributed by atoms with Gasteiger partial charge in [-0.15, -0.1) is 0 Å². The van der Waals surface area contributed by atoms with Gasteiger partial charge in [0.25, 0.3) is 11.8 Å². The van der Waals surface area contributed by atoms with Gasteiger partial charge in [0.15, 0.2) is 0 Å². The van der Waals surface area contributed by atoms with Crippen LogP contribution in [0, 0.1) is 11.3 Å². The van der Waals surface area contributed by atoms with Crippen LogP contribution in [0.3, 0.4) is 0 Å². The Morgan fingerprint density at radius 2 is 1.60 bits per heavy atom. The topological polar surface area (TPSA) is 136 Å². The van der Waals surface area contributed by atoms with Crippen LogP contribution >= 0.6 is 23.2 Å². The second kappa shape index (κ2) is 13.6. The Bertz CT molecular complexity index is 2370. The van der Waals surface area contributed by atoms with E-state index < -0.39 is 22.5 Å². The third-order valence-electron chi connectivity index (χ3n) is 10.7. The van der Waals surface area contributed by atoms with Crippen molar-refractivity contribution >= 4 is 52.6 Å². The minimum Gasteiger partial charge on any atom is -0.343 e. The monoisotopic (exact) mass is 772 g/mol. The number of rotatable bonds is 11. The lowest BCUT2D eigenvalue weighted by atomic mass is 9.91. The van der Waals surface area contributed by atoms with Crippen molar-refractivity contribution in [1.29, 1.82) is 5.26 Å². The van der Waals surface area contributed by atoms with Crippen molar-refractivity contribution in [3.63, 3.8) is 0 Å². The average molecular weight is 774 g/mol. The summed E-state index contributed by atoms with van der Waals surface area (Å²) in [6.07, 6.45) is 5.87. The molecule has 1 atom stereocenters. The number of nitrogens with zero attached hydrogens (tertiary/aromatic N) is 6. The zero-order valence-corrected chi connectivity index (χ0v) is 32.1. The first-order chi connectivity index (χ1) is 26.3. The van der Waals surface area contributed by atoms with Crippen molar-refractivity contribution in [1.82, 2.24) is 30.1 Å². The van der Waals surface area contributed by atoms with Gasteiger partial charge in [0, 0.05) is 34.8 Å². The van der Waals surface area contributed by atoms with E-state index in [-0.39, 0.29) is 29.9 Å². The molecule has 11 nitrogen and oxygen atoms in total. The predicted octanol–water partition coefficient (Wildman–Crippen LogP) is 6.89. The Morgan fingerprint density at radius 1 is 0.873 bits per heavy atom. The van der Waals surface area contributed by atoms with E-state index in [9.17, 15) is 19.6 Å². The molecule has 278 valence electrons. The minimum atomic E-state index is -1.32. The summed E-state index contributed by atoms with van der Waals surface area (Å²) in [5.74, 6) is -0.926. The molecule has 0 spiro atoms. The number of pyridine rings is 1. The van der Waals surface area contributed by atoms with Crippen molar-refractivity contribution in [3.05, 3.63) is 129 Å². The first kappa shape index (κ1) is 36.4. The summed E-state index contributed by atoms with van der Waals surface area (Å²) in [6, 6.07) is 26.2. The quantitative estimate of drug-likeness (QED) is 0.149. The molecule has 13 heteroatoms. The zero-order chi connectivity index (χ0) is 38.7. The fourth-order valence-electron chi connectivity index (χ4n) is 7.51. The molecule has 0 bridgehead atoms. The number of carbonyl (C=O) groups excluding carboxylic acids is 3. The van der Waals surface area contributed by atoms with Gasteiger partial charge in [0.1, 0.15) is 16.8 Å². The van der Waals surface area contributed by atoms with E-state index in [2.05, 4.69) is 44.8 Å². The van der Waals surface area contributed by atoms with E-state index in [1.807, 2.05) is 38.5 Å². The van der Waals surface area contributed by atoms with Gasteiger partial charge in [-0.25, -0.2) is 9.88 Å². The summed E-state index contributed by atoms with van der Waals surface area (Å²) in [4.78, 5) is 55.6. The Kier molecular flexibility index (Phi) is 9.04. The second-order valence-corrected chi connectivity index (χ2v) is 16.1. The summed E-state index contributed by atoms with van der Waals surface area (Å²) in [5.41, 5.74) is 2.81. The number of halogens is 2. The average Bonchev–Trinajstić information content (AvgIpc) is 4.06. The maximum Gasteiger partial charge on any atom is 0.270 e. The maximum absolute atomic E-state index is 14.5. The molecule has 0 radical (unpaired) electrons. The van der Waals surface area contributed by atoms with E-state index in [0.717, 1.165) is 41.8 Å². The highest BCUT2D eigenvalue weighted by Gasteiger charge is 2.57. The number of anilines is 2. The van der Waals surface area contributed by atoms with Crippen molar-refractivity contribution in [2.45, 2.75) is 62.2 Å². The number of nitriles is 1. The van der Waals surface area contributed by atoms with Gasteiger partial charge in [-0.2, -0.15) is 5.26 Å². The van der Waals surface area contributed by atoms with Crippen LogP contribution in [0.4, 0.5) is 11.6 Å². The van der Waals surface area contributed by atoms with E-state index in [1.165, 1.54) is 16.7 Å². The molecule has 0 unspecified atom stereocenters. The third-order valence-corrected chi connectivity index (χ3v) is 11.2. The number of benzene rings is 3. The Balaban J connectivity index is 1.04. The van der Waals surface area contributed by atoms with Crippen LogP contribution in [0.15, 0.2) is 91.3 Å². The smallest absolute Gasteiger partial charge is 0.270 e. The molecule has 2 N–H and O–H groups in total. The minimum absolute atomic E-state index is 0.127. The van der Waals surface area contributed by atoms with Gasteiger partial charge in [-0.05, 0) is 106 Å². The molecule has 3 amide bonds. The van der Waals surface area contributed by atoms with Gasteiger partial charge < -0.3 is 15.5 Å². The molecular weight excluding hydrogens is 735 g/mol. The highest BCUT2D eigenvalue weighted by molar-refractivity contribution is 6.35. The van der Waals surface area contributed by atoms with Gasteiger partial charge in [-0.3, -0.25) is 23.9 Å². The number of fused-ring (bicyclic) bond motifs is 1. The molecular formula is C42H38Cl2N8O3. The van der Waals surface area contributed by atoms with Crippen molar-refractivity contribution < 1.29 is 14.4 Å². The zero-order valence-electron chi connectivity index (χ0n) is 30.6. The molecule has 55 heavy (non-hydrogen) atoms. The number of imidazole rings is 1. The second-order valence-electron chi connectivity index (χ2n) is 15.2. The van der Waals surface area contributed by atoms with E-state index >= 15 is 0 Å². The van der Waals surface area contributed by atoms with E-state index in [1.54, 1.807) is 54.0 Å². The largest absolute Gasteiger partial charge is 0.343 e. The molecule has 2 aliphatic carbocycles. The number of carbonyl (C=O) groups is 3. The molecule has 0 saturated heterocycles. The van der Waals surface area contributed by atoms with Gasteiger partial charge in [-0.1, -0.05) is 59.6 Å². The standard InChI is InChI=1S/C42H38Cl2N8O3/c1-40(21-26-7-9-27(22-45)10-8-26)38(55)51(33-19-31(43)18-32(44)20-33)39-47-24-34(52(39)40)36(53)48-42(15-16-42)37(54)49-41(13-14-41)35-12-11-30(23-46-35)29-6-4-5-28(17-29)25-50(2)3/h4-12,17-20,23-24H,13-16,21,25H2,1-3H3,(H,48,53)(H,49,54)/t40-/m1/s1. The van der Waals surface area contributed by atoms with Crippen molar-refractivity contribution in [2.24, 2.45) is 0 Å². The summed E-state index contributed by atoms with van der Waals surface area (Å²) in [7, 11) is 4.08. The molecule has 3 heterocycles. The van der Waals surface area contributed by atoms with E-state index in [0.29, 0.717) is 34.1 Å². The van der Waals surface area contributed by atoms with Crippen LogP contribution < -0.4 is 15.5 Å². The number of hydrogen-bond donors (Lipinski definition) is 2. The lowest BCUT2D eigenvalue weighted by Gasteiger charge is -2.27. The van der Waals surface area contributed by atoms with Crippen LogP contribution in [0.2, 0.25) is 10.0 Å². The molecule has 2 saturated carbocycles. The fourth-order valence-corrected chi connectivity index (χ4v) is 8.02. The number of nitrogens with one attached hydrogen (secondary N) is 2. The number of amides is 3. The number of aromatic nitrogens is 3. The fraction of sp³-hybridized carbons (Fsp3) is 0.286. The third kappa shape index (κ3) is 6.75. The highest BCUT2D eigenvalue weighted by Crippen LogP contribution is 2.48. The Labute approximate surface area is 328 Å². The normalized spacial score (nSPS) is 18.8. The van der Waals surface area contributed by atoms with Gasteiger partial charge in [0.05, 0.1) is 34.7 Å². The number of hydrogen-bond acceptors (Lipinski definition) is 7. The summed E-state index contributed by atoms with van der Waals surface area (Å²) in [5, 5.41) is 16.2. The van der Waals surface area contributed by atoms with Crippen molar-refractivity contribution in [2.75, 3.05) is 19.0 Å². The molecule has 2 aromatic heterocycles. The molecule has 5 aromatic rings. The molecule has 3 aliphatic rings. The highest BCUT2D eigenvalue weighted by atomic mass is 35.5. The molecule has 1 aliphatic heterocycles. The molecule has 3 aromatic carbocycles.